The molecule has 0 spiro atoms. The average molecular weight is 632 g/mol. The highest BCUT2D eigenvalue weighted by molar-refractivity contribution is 6.25. The lowest BCUT2D eigenvalue weighted by atomic mass is 9.55. The molecule has 3 aliphatic rings. The van der Waals surface area contributed by atoms with Crippen molar-refractivity contribution in [2.75, 3.05) is 33.5 Å². The lowest BCUT2D eigenvalue weighted by molar-refractivity contribution is -0.162. The Kier molecular flexibility index (Phi) is 9.85. The number of aromatic hydroxyl groups is 1. The fourth-order valence-corrected chi connectivity index (χ4v) is 6.20. The van der Waals surface area contributed by atoms with E-state index in [0.717, 1.165) is 0 Å². The largest absolute Gasteiger partial charge is 0.510 e. The fourth-order valence-electron chi connectivity index (χ4n) is 6.20. The van der Waals surface area contributed by atoms with Gasteiger partial charge in [-0.2, -0.15) is 0 Å². The van der Waals surface area contributed by atoms with Gasteiger partial charge in [-0.25, -0.2) is 0 Å². The summed E-state index contributed by atoms with van der Waals surface area (Å²) in [6.07, 6.45) is -1.68. The maximum Gasteiger partial charge on any atom is 0.255 e. The highest BCUT2D eigenvalue weighted by Gasteiger charge is 2.67. The Morgan fingerprint density at radius 3 is 2.14 bits per heavy atom. The van der Waals surface area contributed by atoms with Crippen LogP contribution in [0.25, 0.3) is 0 Å². The molecule has 13 nitrogen and oxygen atoms in total. The number of nitrogens with two attached hydrogens (primary N) is 1. The summed E-state index contributed by atoms with van der Waals surface area (Å²) in [7, 11) is 6.31. The van der Waals surface area contributed by atoms with Crippen LogP contribution in [0.1, 0.15) is 35.7 Å². The molecule has 4 rings (SSSR count). The number of rotatable bonds is 5. The van der Waals surface area contributed by atoms with Crippen LogP contribution in [-0.2, 0) is 14.4 Å². The minimum Gasteiger partial charge on any atom is -0.510 e. The first kappa shape index (κ1) is 35.0. The molecule has 0 aromatic heterocycles. The molecule has 232 valence electrons. The van der Waals surface area contributed by atoms with Gasteiger partial charge in [-0.3, -0.25) is 29.0 Å². The number of benzene rings is 1. The molecule has 1 aromatic carbocycles. The molecule has 0 bridgehead atoms. The van der Waals surface area contributed by atoms with Gasteiger partial charge in [0.05, 0.1) is 35.4 Å². The van der Waals surface area contributed by atoms with E-state index in [0.29, 0.717) is 5.56 Å². The first-order valence-electron chi connectivity index (χ1n) is 12.7. The van der Waals surface area contributed by atoms with Crippen LogP contribution in [0.3, 0.4) is 0 Å². The summed E-state index contributed by atoms with van der Waals surface area (Å²) in [5, 5.41) is 59.3. The first-order chi connectivity index (χ1) is 18.5. The summed E-state index contributed by atoms with van der Waals surface area (Å²) < 4.78 is 0. The molecule has 0 heterocycles. The average Bonchev–Trinajstić information content (AvgIpc) is 2.86. The van der Waals surface area contributed by atoms with Crippen molar-refractivity contribution in [1.29, 1.82) is 0 Å². The quantitative estimate of drug-likeness (QED) is 0.174. The number of ketones is 2. The topological polar surface area (TPSA) is 214 Å². The Bertz CT molecular complexity index is 1410. The summed E-state index contributed by atoms with van der Waals surface area (Å²) in [6.45, 7) is 3.27. The van der Waals surface area contributed by atoms with Gasteiger partial charge in [-0.05, 0) is 52.7 Å². The van der Waals surface area contributed by atoms with E-state index in [2.05, 4.69) is 5.32 Å². The number of primary amides is 1. The van der Waals surface area contributed by atoms with Gasteiger partial charge in [-0.1, -0.05) is 13.0 Å². The van der Waals surface area contributed by atoms with Gasteiger partial charge in [0, 0.05) is 11.5 Å². The SMILES string of the molecule is CC1c2ccc(NC(=O)C(C)N(C)C)c(O)c2C(=O)C2=C(O)[C@]3(O)C(=O)C(C(N)=O)=C(O)[C@@H](N(C)C)C3C(O)C21.Cl.Cl. The molecule has 0 fully saturated rings. The highest BCUT2D eigenvalue weighted by Crippen LogP contribution is 2.56. The Morgan fingerprint density at radius 1 is 1.07 bits per heavy atom. The molecule has 0 radical (unpaired) electrons. The summed E-state index contributed by atoms with van der Waals surface area (Å²) in [5.41, 5.74) is 0.788. The van der Waals surface area contributed by atoms with Gasteiger partial charge < -0.3 is 36.6 Å². The molecule has 3 aliphatic carbocycles. The van der Waals surface area contributed by atoms with E-state index in [4.69, 9.17) is 5.73 Å². The van der Waals surface area contributed by atoms with Gasteiger partial charge in [0.15, 0.2) is 17.1 Å². The van der Waals surface area contributed by atoms with Crippen molar-refractivity contribution in [3.05, 3.63) is 45.9 Å². The number of aliphatic hydroxyl groups is 4. The number of hydrogen-bond donors (Lipinski definition) is 7. The van der Waals surface area contributed by atoms with Crippen LogP contribution in [0, 0.1) is 11.8 Å². The number of amides is 2. The van der Waals surface area contributed by atoms with Crippen molar-refractivity contribution in [2.24, 2.45) is 17.6 Å². The van der Waals surface area contributed by atoms with E-state index in [1.54, 1.807) is 32.8 Å². The van der Waals surface area contributed by atoms with E-state index < -0.39 is 93.3 Å². The molecule has 5 unspecified atom stereocenters. The third-order valence-electron chi connectivity index (χ3n) is 8.54. The zero-order valence-electron chi connectivity index (χ0n) is 23.8. The number of carbonyl (C=O) groups is 4. The smallest absolute Gasteiger partial charge is 0.255 e. The number of aliphatic hydroxyl groups excluding tert-OH is 3. The number of nitrogens with one attached hydrogen (secondary N) is 1. The predicted molar refractivity (Wildman–Crippen MR) is 156 cm³/mol. The molecule has 0 saturated carbocycles. The van der Waals surface area contributed by atoms with Crippen molar-refractivity contribution in [3.8, 4) is 5.75 Å². The number of phenolic OH excluding ortho intramolecular Hbond substituents is 1. The molecule has 7 atom stereocenters. The van der Waals surface area contributed by atoms with E-state index in [1.807, 2.05) is 0 Å². The first-order valence-corrected chi connectivity index (χ1v) is 12.7. The number of hydrogen-bond acceptors (Lipinski definition) is 11. The standard InChI is InChI=1S/C27H34N4O9.2ClH/c1-9-11-7-8-12(29-26(39)10(2)30(3)4)19(32)14(11)20(33)15-13(9)21(34)17-18(31(5)6)22(35)16(25(28)38)24(37)27(17,40)23(15)36;;/h7-10,13,17-18,21,32,34-36,40H,1-6H3,(H2,28,38)(H,29,39);2*1H/t9?,10?,13?,17?,18-,21?,27-;;/m0../s1. The van der Waals surface area contributed by atoms with Gasteiger partial charge >= 0.3 is 0 Å². The zero-order valence-corrected chi connectivity index (χ0v) is 25.4. The maximum atomic E-state index is 13.9. The molecular formula is C27H36Cl2N4O9. The molecule has 0 saturated heterocycles. The number of anilines is 1. The lowest BCUT2D eigenvalue weighted by Gasteiger charge is -2.53. The second-order valence-corrected chi connectivity index (χ2v) is 11.1. The van der Waals surface area contributed by atoms with Crippen LogP contribution in [-0.4, -0.2) is 111 Å². The van der Waals surface area contributed by atoms with E-state index in [-0.39, 0.29) is 36.1 Å². The Balaban J connectivity index is 0.00000308. The minimum atomic E-state index is -2.99. The number of nitrogens with zero attached hydrogens (tertiary/aromatic N) is 2. The van der Waals surface area contributed by atoms with Crippen molar-refractivity contribution in [3.63, 3.8) is 0 Å². The fraction of sp³-hybridized carbons (Fsp3) is 0.481. The van der Waals surface area contributed by atoms with Crippen LogP contribution in [0.4, 0.5) is 5.69 Å². The van der Waals surface area contributed by atoms with Gasteiger partial charge in [-0.15, -0.1) is 24.8 Å². The Hall–Kier alpha value is -3.20. The van der Waals surface area contributed by atoms with E-state index in [1.165, 1.54) is 31.1 Å². The third-order valence-corrected chi connectivity index (χ3v) is 8.54. The van der Waals surface area contributed by atoms with Crippen molar-refractivity contribution in [1.82, 2.24) is 9.80 Å². The second-order valence-electron chi connectivity index (χ2n) is 11.1. The van der Waals surface area contributed by atoms with Gasteiger partial charge in [0.2, 0.25) is 11.7 Å². The van der Waals surface area contributed by atoms with Crippen molar-refractivity contribution >= 4 is 53.9 Å². The molecular weight excluding hydrogens is 595 g/mol. The normalized spacial score (nSPS) is 29.2. The van der Waals surface area contributed by atoms with Crippen molar-refractivity contribution in [2.45, 2.75) is 43.6 Å². The number of likely N-dealkylation sites (N-methyl/N-ethyl adjacent to an activating group) is 2. The molecule has 1 aromatic rings. The summed E-state index contributed by atoms with van der Waals surface area (Å²) in [4.78, 5) is 55.0. The second kappa shape index (κ2) is 11.8. The maximum absolute atomic E-state index is 13.9. The van der Waals surface area contributed by atoms with E-state index >= 15 is 0 Å². The predicted octanol–water partition coefficient (Wildman–Crippen LogP) is 0.385. The number of carbonyl (C=O) groups excluding carboxylic acids is 4. The Labute approximate surface area is 254 Å². The number of phenols is 1. The molecule has 2 amide bonds. The Morgan fingerprint density at radius 2 is 1.64 bits per heavy atom. The monoisotopic (exact) mass is 630 g/mol. The van der Waals surface area contributed by atoms with Gasteiger partial charge in [0.25, 0.3) is 5.91 Å². The molecule has 0 aliphatic heterocycles. The van der Waals surface area contributed by atoms with Crippen LogP contribution in [0.15, 0.2) is 34.8 Å². The number of halogens is 2. The minimum absolute atomic E-state index is 0. The van der Waals surface area contributed by atoms with Crippen LogP contribution in [0.5, 0.6) is 5.75 Å². The molecule has 8 N–H and O–H groups in total. The van der Waals surface area contributed by atoms with Crippen LogP contribution < -0.4 is 11.1 Å². The van der Waals surface area contributed by atoms with E-state index in [9.17, 15) is 44.7 Å². The summed E-state index contributed by atoms with van der Waals surface area (Å²) >= 11 is 0. The molecule has 15 heteroatoms. The number of Topliss-reactive ketones (excluding diaryl/α,β-unsaturated/α-hetero) is 2. The van der Waals surface area contributed by atoms with Crippen LogP contribution in [0.2, 0.25) is 0 Å². The highest BCUT2D eigenvalue weighted by atomic mass is 35.5. The lowest BCUT2D eigenvalue weighted by Crippen LogP contribution is -2.68. The zero-order chi connectivity index (χ0) is 30.2. The van der Waals surface area contributed by atoms with Crippen molar-refractivity contribution < 1.29 is 44.7 Å². The third kappa shape index (κ3) is 4.74. The summed E-state index contributed by atoms with van der Waals surface area (Å²) in [5.74, 6) is -10.2. The summed E-state index contributed by atoms with van der Waals surface area (Å²) in [6, 6.07) is 1.01. The van der Waals surface area contributed by atoms with Gasteiger partial charge in [0.1, 0.15) is 17.1 Å². The molecule has 42 heavy (non-hydrogen) atoms. The number of fused-ring (bicyclic) bond motifs is 3. The van der Waals surface area contributed by atoms with Crippen LogP contribution >= 0.6 is 24.8 Å².